The summed E-state index contributed by atoms with van der Waals surface area (Å²) < 4.78 is 0.768. The highest BCUT2D eigenvalue weighted by atomic mass is 32.2. The molecule has 0 bridgehead atoms. The van der Waals surface area contributed by atoms with E-state index in [2.05, 4.69) is 20.5 Å². The first kappa shape index (κ1) is 22.0. The van der Waals surface area contributed by atoms with Crippen molar-refractivity contribution < 1.29 is 19.5 Å². The van der Waals surface area contributed by atoms with Gasteiger partial charge in [0.05, 0.1) is 16.2 Å². The predicted octanol–water partition coefficient (Wildman–Crippen LogP) is 2.56. The van der Waals surface area contributed by atoms with Crippen molar-refractivity contribution in [3.05, 3.63) is 6.20 Å². The van der Waals surface area contributed by atoms with E-state index in [1.807, 2.05) is 0 Å². The van der Waals surface area contributed by atoms with Crippen molar-refractivity contribution in [3.63, 3.8) is 0 Å². The Hall–Kier alpha value is -1.65. The molecule has 1 saturated carbocycles. The Morgan fingerprint density at radius 1 is 1.28 bits per heavy atom. The van der Waals surface area contributed by atoms with Crippen LogP contribution in [0.4, 0.5) is 5.13 Å². The van der Waals surface area contributed by atoms with Crippen LogP contribution in [-0.4, -0.2) is 63.7 Å². The molecule has 2 amide bonds. The second-order valence-electron chi connectivity index (χ2n) is 7.49. The van der Waals surface area contributed by atoms with Gasteiger partial charge in [0.15, 0.2) is 5.13 Å². The van der Waals surface area contributed by atoms with E-state index < -0.39 is 5.97 Å². The molecule has 0 spiro atoms. The minimum Gasteiger partial charge on any atom is -0.481 e. The lowest BCUT2D eigenvalue weighted by Crippen LogP contribution is -2.53. The summed E-state index contributed by atoms with van der Waals surface area (Å²) in [5.74, 6) is -0.877. The lowest BCUT2D eigenvalue weighted by molar-refractivity contribution is -0.134. The van der Waals surface area contributed by atoms with Gasteiger partial charge in [-0.1, -0.05) is 30.6 Å². The van der Waals surface area contributed by atoms with Gasteiger partial charge in [0.25, 0.3) is 0 Å². The van der Waals surface area contributed by atoms with E-state index in [-0.39, 0.29) is 17.6 Å². The first-order valence-electron chi connectivity index (χ1n) is 10.1. The van der Waals surface area contributed by atoms with Crippen LogP contribution < -0.4 is 10.6 Å². The maximum Gasteiger partial charge on any atom is 0.313 e. The van der Waals surface area contributed by atoms with Crippen molar-refractivity contribution >= 4 is 46.0 Å². The number of thiazole rings is 1. The second-order valence-corrected chi connectivity index (χ2v) is 9.80. The van der Waals surface area contributed by atoms with E-state index in [9.17, 15) is 14.4 Å². The molecule has 0 radical (unpaired) electrons. The molecule has 1 atom stereocenters. The monoisotopic (exact) mass is 440 g/mol. The third-order valence-corrected chi connectivity index (χ3v) is 7.51. The molecule has 8 nitrogen and oxygen atoms in total. The predicted molar refractivity (Wildman–Crippen MR) is 113 cm³/mol. The summed E-state index contributed by atoms with van der Waals surface area (Å²) in [5.41, 5.74) is 0. The Balaban J connectivity index is 1.52. The number of aromatic nitrogens is 1. The van der Waals surface area contributed by atoms with E-state index in [4.69, 9.17) is 5.11 Å². The molecule has 1 aliphatic carbocycles. The first-order chi connectivity index (χ1) is 14.0. The Labute approximate surface area is 178 Å². The average Bonchev–Trinajstić information content (AvgIpc) is 3.16. The number of piperidine rings is 1. The Bertz CT molecular complexity index is 711. The summed E-state index contributed by atoms with van der Waals surface area (Å²) in [4.78, 5) is 41.2. The maximum atomic E-state index is 12.5. The molecule has 3 N–H and O–H groups in total. The smallest absolute Gasteiger partial charge is 0.313 e. The lowest BCUT2D eigenvalue weighted by atomic mass is 9.91. The van der Waals surface area contributed by atoms with Crippen LogP contribution in [0.3, 0.4) is 0 Å². The number of thioether (sulfide) groups is 1. The van der Waals surface area contributed by atoms with Gasteiger partial charge in [0, 0.05) is 38.0 Å². The molecule has 2 fully saturated rings. The fourth-order valence-corrected chi connectivity index (χ4v) is 5.62. The largest absolute Gasteiger partial charge is 0.481 e. The van der Waals surface area contributed by atoms with Crippen LogP contribution in [0.5, 0.6) is 0 Å². The highest BCUT2D eigenvalue weighted by Gasteiger charge is 2.30. The molecule has 0 aromatic carbocycles. The minimum absolute atomic E-state index is 0.0240. The Kier molecular flexibility index (Phi) is 8.31. The summed E-state index contributed by atoms with van der Waals surface area (Å²) in [7, 11) is 0. The maximum absolute atomic E-state index is 12.5. The van der Waals surface area contributed by atoms with Crippen LogP contribution in [-0.2, 0) is 14.4 Å². The van der Waals surface area contributed by atoms with Crippen LogP contribution >= 0.6 is 23.1 Å². The van der Waals surface area contributed by atoms with Gasteiger partial charge >= 0.3 is 5.97 Å². The number of hydrogen-bond donors (Lipinski definition) is 3. The lowest BCUT2D eigenvalue weighted by Gasteiger charge is -2.41. The molecule has 1 saturated heterocycles. The van der Waals surface area contributed by atoms with Crippen LogP contribution in [0.25, 0.3) is 0 Å². The SMILES string of the molecule is O=C(O)CSc1cnc(NC(=O)CCN(C2CCCCC2)[C@H]2CCC(=O)NC2)s1. The quantitative estimate of drug-likeness (QED) is 0.506. The molecule has 0 unspecified atom stereocenters. The van der Waals surface area contributed by atoms with E-state index in [0.717, 1.165) is 23.5 Å². The highest BCUT2D eigenvalue weighted by Crippen LogP contribution is 2.29. The average molecular weight is 441 g/mol. The highest BCUT2D eigenvalue weighted by molar-refractivity contribution is 8.01. The zero-order chi connectivity index (χ0) is 20.6. The zero-order valence-electron chi connectivity index (χ0n) is 16.4. The van der Waals surface area contributed by atoms with Crippen molar-refractivity contribution in [1.29, 1.82) is 0 Å². The molecule has 1 aliphatic heterocycles. The van der Waals surface area contributed by atoms with Gasteiger partial charge < -0.3 is 15.7 Å². The van der Waals surface area contributed by atoms with Gasteiger partial charge in [-0.25, -0.2) is 4.98 Å². The van der Waals surface area contributed by atoms with Crippen LogP contribution in [0, 0.1) is 0 Å². The van der Waals surface area contributed by atoms with Crippen LogP contribution in [0.1, 0.15) is 51.4 Å². The van der Waals surface area contributed by atoms with Gasteiger partial charge in [-0.15, -0.1) is 11.8 Å². The molecule has 2 heterocycles. The number of hydrogen-bond acceptors (Lipinski definition) is 7. The van der Waals surface area contributed by atoms with Crippen LogP contribution in [0.2, 0.25) is 0 Å². The molecule has 160 valence electrons. The molecule has 1 aromatic heterocycles. The van der Waals surface area contributed by atoms with Gasteiger partial charge in [-0.05, 0) is 19.3 Å². The number of nitrogens with zero attached hydrogens (tertiary/aromatic N) is 2. The normalized spacial score (nSPS) is 20.4. The van der Waals surface area contributed by atoms with Gasteiger partial charge in [-0.2, -0.15) is 0 Å². The molecule has 3 rings (SSSR count). The number of carbonyl (C=O) groups is 3. The Morgan fingerprint density at radius 3 is 2.76 bits per heavy atom. The summed E-state index contributed by atoms with van der Waals surface area (Å²) in [5, 5.41) is 15.0. The Morgan fingerprint density at radius 2 is 2.07 bits per heavy atom. The fraction of sp³-hybridized carbons (Fsp3) is 0.684. The second kappa shape index (κ2) is 10.9. The number of carboxylic acid groups (broad SMARTS) is 1. The number of carbonyl (C=O) groups excluding carboxylic acids is 2. The number of rotatable bonds is 9. The van der Waals surface area contributed by atoms with E-state index in [1.165, 1.54) is 42.4 Å². The molecule has 29 heavy (non-hydrogen) atoms. The zero-order valence-corrected chi connectivity index (χ0v) is 18.0. The van der Waals surface area contributed by atoms with Crippen molar-refractivity contribution in [1.82, 2.24) is 15.2 Å². The van der Waals surface area contributed by atoms with Crippen LogP contribution in [0.15, 0.2) is 10.4 Å². The van der Waals surface area contributed by atoms with Crippen molar-refractivity contribution in [3.8, 4) is 0 Å². The number of aliphatic carboxylic acids is 1. The molecule has 2 aliphatic rings. The molecule has 10 heteroatoms. The van der Waals surface area contributed by atoms with Gasteiger partial charge in [0.1, 0.15) is 0 Å². The number of anilines is 1. The third-order valence-electron chi connectivity index (χ3n) is 5.42. The fourth-order valence-electron chi connectivity index (χ4n) is 4.01. The number of carboxylic acids is 1. The van der Waals surface area contributed by atoms with Crippen molar-refractivity contribution in [2.24, 2.45) is 0 Å². The van der Waals surface area contributed by atoms with E-state index >= 15 is 0 Å². The topological polar surface area (TPSA) is 112 Å². The van der Waals surface area contributed by atoms with Crippen molar-refractivity contribution in [2.75, 3.05) is 24.2 Å². The number of amides is 2. The summed E-state index contributed by atoms with van der Waals surface area (Å²) in [6, 6.07) is 0.776. The standard InChI is InChI=1S/C19H28N4O4S2/c24-15-7-6-14(10-20-15)23(13-4-2-1-3-5-13)9-8-16(25)22-19-21-11-18(29-19)28-12-17(26)27/h11,13-14H,1-10,12H2,(H,20,24)(H,26,27)(H,21,22,25)/t14-/m0/s1. The minimum atomic E-state index is -0.879. The van der Waals surface area contributed by atoms with E-state index in [0.29, 0.717) is 43.1 Å². The van der Waals surface area contributed by atoms with Crippen molar-refractivity contribution in [2.45, 2.75) is 67.7 Å². The summed E-state index contributed by atoms with van der Waals surface area (Å²) >= 11 is 2.48. The molecular weight excluding hydrogens is 412 g/mol. The number of nitrogens with one attached hydrogen (secondary N) is 2. The van der Waals surface area contributed by atoms with Gasteiger partial charge in [-0.3, -0.25) is 19.3 Å². The molecular formula is C19H28N4O4S2. The molecule has 1 aromatic rings. The first-order valence-corrected chi connectivity index (χ1v) is 11.9. The summed E-state index contributed by atoms with van der Waals surface area (Å²) in [6.45, 7) is 1.33. The van der Waals surface area contributed by atoms with Gasteiger partial charge in [0.2, 0.25) is 11.8 Å². The van der Waals surface area contributed by atoms with E-state index in [1.54, 1.807) is 6.20 Å². The third kappa shape index (κ3) is 6.97. The summed E-state index contributed by atoms with van der Waals surface area (Å²) in [6.07, 6.45) is 9.40.